The van der Waals surface area contributed by atoms with Crippen LogP contribution < -0.4 is 10.7 Å². The Morgan fingerprint density at radius 2 is 1.95 bits per heavy atom. The number of benzene rings is 2. The zero-order valence-corrected chi connectivity index (χ0v) is 12.6. The van der Waals surface area contributed by atoms with Gasteiger partial charge in [-0.05, 0) is 29.9 Å². The fraction of sp³-hybridized carbons (Fsp3) is 0.0667. The number of hydrazone groups is 1. The number of thiocarbonyl (C=S) groups is 1. The van der Waals surface area contributed by atoms with Crippen molar-refractivity contribution in [3.8, 4) is 0 Å². The molecular formula is C15H13ClFN3S. The van der Waals surface area contributed by atoms with Crippen molar-refractivity contribution in [1.82, 2.24) is 10.7 Å². The van der Waals surface area contributed by atoms with Gasteiger partial charge in [0.1, 0.15) is 5.82 Å². The van der Waals surface area contributed by atoms with Crippen molar-refractivity contribution in [1.29, 1.82) is 0 Å². The van der Waals surface area contributed by atoms with Crippen molar-refractivity contribution in [2.45, 2.75) is 6.54 Å². The van der Waals surface area contributed by atoms with E-state index in [1.165, 1.54) is 18.3 Å². The molecule has 0 unspecified atom stereocenters. The van der Waals surface area contributed by atoms with E-state index in [9.17, 15) is 4.39 Å². The van der Waals surface area contributed by atoms with Crippen LogP contribution in [0, 0.1) is 5.82 Å². The molecular weight excluding hydrogens is 309 g/mol. The highest BCUT2D eigenvalue weighted by atomic mass is 35.5. The molecule has 0 aliphatic carbocycles. The van der Waals surface area contributed by atoms with Crippen molar-refractivity contribution < 1.29 is 4.39 Å². The number of nitrogens with one attached hydrogen (secondary N) is 2. The highest BCUT2D eigenvalue weighted by Gasteiger charge is 2.03. The predicted octanol–water partition coefficient (Wildman–Crippen LogP) is 3.48. The van der Waals surface area contributed by atoms with Crippen LogP contribution in [-0.4, -0.2) is 11.3 Å². The minimum atomic E-state index is -0.434. The van der Waals surface area contributed by atoms with Gasteiger partial charge in [0.05, 0.1) is 11.2 Å². The molecule has 0 atom stereocenters. The van der Waals surface area contributed by atoms with Gasteiger partial charge in [0.15, 0.2) is 5.11 Å². The summed E-state index contributed by atoms with van der Waals surface area (Å²) in [6.45, 7) is 0.586. The van der Waals surface area contributed by atoms with E-state index in [1.807, 2.05) is 30.3 Å². The molecule has 0 radical (unpaired) electrons. The van der Waals surface area contributed by atoms with Gasteiger partial charge in [-0.2, -0.15) is 5.10 Å². The molecule has 108 valence electrons. The van der Waals surface area contributed by atoms with Crippen LogP contribution in [0.3, 0.4) is 0 Å². The maximum Gasteiger partial charge on any atom is 0.187 e. The number of hydrogen-bond donors (Lipinski definition) is 2. The molecule has 0 aliphatic rings. The molecule has 2 aromatic rings. The first-order valence-electron chi connectivity index (χ1n) is 6.21. The Balaban J connectivity index is 1.85. The van der Waals surface area contributed by atoms with Crippen LogP contribution in [-0.2, 0) is 6.54 Å². The summed E-state index contributed by atoms with van der Waals surface area (Å²) in [6, 6.07) is 14.3. The molecule has 2 rings (SSSR count). The second kappa shape index (κ2) is 7.71. The van der Waals surface area contributed by atoms with Crippen molar-refractivity contribution >= 4 is 35.1 Å². The van der Waals surface area contributed by atoms with Crippen LogP contribution >= 0.6 is 23.8 Å². The largest absolute Gasteiger partial charge is 0.357 e. The van der Waals surface area contributed by atoms with Crippen molar-refractivity contribution in [3.05, 3.63) is 70.5 Å². The van der Waals surface area contributed by atoms with Gasteiger partial charge in [0, 0.05) is 12.1 Å². The summed E-state index contributed by atoms with van der Waals surface area (Å²) in [5.74, 6) is -0.434. The normalized spacial score (nSPS) is 10.6. The monoisotopic (exact) mass is 321 g/mol. The smallest absolute Gasteiger partial charge is 0.187 e. The highest BCUT2D eigenvalue weighted by Crippen LogP contribution is 2.16. The maximum absolute atomic E-state index is 13.5. The molecule has 0 aromatic heterocycles. The van der Waals surface area contributed by atoms with Crippen LogP contribution in [0.25, 0.3) is 0 Å². The van der Waals surface area contributed by atoms with E-state index in [1.54, 1.807) is 6.07 Å². The van der Waals surface area contributed by atoms with E-state index < -0.39 is 5.82 Å². The van der Waals surface area contributed by atoms with Crippen molar-refractivity contribution in [2.75, 3.05) is 0 Å². The average molecular weight is 322 g/mol. The summed E-state index contributed by atoms with van der Waals surface area (Å²) >= 11 is 11.0. The topological polar surface area (TPSA) is 36.4 Å². The quantitative estimate of drug-likeness (QED) is 0.514. The predicted molar refractivity (Wildman–Crippen MR) is 88.0 cm³/mol. The van der Waals surface area contributed by atoms with Crippen LogP contribution in [0.4, 0.5) is 4.39 Å². The van der Waals surface area contributed by atoms with E-state index in [2.05, 4.69) is 15.8 Å². The Morgan fingerprint density at radius 1 is 1.19 bits per heavy atom. The van der Waals surface area contributed by atoms with Crippen LogP contribution in [0.1, 0.15) is 11.1 Å². The van der Waals surface area contributed by atoms with Gasteiger partial charge in [-0.3, -0.25) is 5.43 Å². The first-order valence-corrected chi connectivity index (χ1v) is 7.00. The summed E-state index contributed by atoms with van der Waals surface area (Å²) in [4.78, 5) is 0. The summed E-state index contributed by atoms with van der Waals surface area (Å²) in [7, 11) is 0. The minimum absolute atomic E-state index is 0.220. The lowest BCUT2D eigenvalue weighted by atomic mass is 10.2. The lowest BCUT2D eigenvalue weighted by Gasteiger charge is -2.07. The third kappa shape index (κ3) is 4.81. The van der Waals surface area contributed by atoms with E-state index in [4.69, 9.17) is 23.8 Å². The first kappa shape index (κ1) is 15.4. The summed E-state index contributed by atoms with van der Waals surface area (Å²) in [5, 5.41) is 7.51. The molecule has 2 aromatic carbocycles. The summed E-state index contributed by atoms with van der Waals surface area (Å²) in [6.07, 6.45) is 1.30. The van der Waals surface area contributed by atoms with E-state index in [0.717, 1.165) is 5.56 Å². The Bertz CT molecular complexity index is 626. The fourth-order valence-electron chi connectivity index (χ4n) is 1.61. The molecule has 2 N–H and O–H groups in total. The van der Waals surface area contributed by atoms with E-state index in [-0.39, 0.29) is 5.56 Å². The van der Waals surface area contributed by atoms with Crippen molar-refractivity contribution in [2.24, 2.45) is 5.10 Å². The van der Waals surface area contributed by atoms with Gasteiger partial charge in [-0.25, -0.2) is 4.39 Å². The SMILES string of the molecule is Fc1cccc(Cl)c1/C=N/NC(=S)NCc1ccccc1. The van der Waals surface area contributed by atoms with Gasteiger partial charge >= 0.3 is 0 Å². The second-order valence-electron chi connectivity index (χ2n) is 4.17. The molecule has 0 fully saturated rings. The molecule has 3 nitrogen and oxygen atoms in total. The van der Waals surface area contributed by atoms with Crippen LogP contribution in [0.15, 0.2) is 53.6 Å². The average Bonchev–Trinajstić information content (AvgIpc) is 2.49. The molecule has 6 heteroatoms. The van der Waals surface area contributed by atoms with Gasteiger partial charge < -0.3 is 5.32 Å². The minimum Gasteiger partial charge on any atom is -0.357 e. The molecule has 0 saturated carbocycles. The Labute approximate surface area is 132 Å². The fourth-order valence-corrected chi connectivity index (χ4v) is 1.94. The third-order valence-corrected chi connectivity index (χ3v) is 3.22. The number of rotatable bonds is 4. The molecule has 0 spiro atoms. The highest BCUT2D eigenvalue weighted by molar-refractivity contribution is 7.80. The Hall–Kier alpha value is -1.98. The number of nitrogens with zero attached hydrogens (tertiary/aromatic N) is 1. The lowest BCUT2D eigenvalue weighted by molar-refractivity contribution is 0.626. The zero-order valence-electron chi connectivity index (χ0n) is 11.0. The molecule has 0 bridgehead atoms. The van der Waals surface area contributed by atoms with E-state index >= 15 is 0 Å². The first-order chi connectivity index (χ1) is 10.2. The number of hydrogen-bond acceptors (Lipinski definition) is 2. The maximum atomic E-state index is 13.5. The molecule has 0 amide bonds. The molecule has 0 heterocycles. The Kier molecular flexibility index (Phi) is 5.66. The number of halogens is 2. The summed E-state index contributed by atoms with van der Waals surface area (Å²) < 4.78 is 13.5. The summed E-state index contributed by atoms with van der Waals surface area (Å²) in [5.41, 5.74) is 3.94. The third-order valence-electron chi connectivity index (χ3n) is 2.66. The standard InChI is InChI=1S/C15H13ClFN3S/c16-13-7-4-8-14(17)12(13)10-19-20-15(21)18-9-11-5-2-1-3-6-11/h1-8,10H,9H2,(H2,18,20,21)/b19-10+. The molecule has 0 saturated heterocycles. The van der Waals surface area contributed by atoms with Crippen LogP contribution in [0.5, 0.6) is 0 Å². The van der Waals surface area contributed by atoms with E-state index in [0.29, 0.717) is 16.7 Å². The van der Waals surface area contributed by atoms with Gasteiger partial charge in [0.25, 0.3) is 0 Å². The molecule has 0 aliphatic heterocycles. The van der Waals surface area contributed by atoms with Gasteiger partial charge in [-0.15, -0.1) is 0 Å². The second-order valence-corrected chi connectivity index (χ2v) is 4.99. The van der Waals surface area contributed by atoms with Crippen molar-refractivity contribution in [3.63, 3.8) is 0 Å². The Morgan fingerprint density at radius 3 is 2.67 bits per heavy atom. The van der Waals surface area contributed by atoms with Crippen LogP contribution in [0.2, 0.25) is 5.02 Å². The lowest BCUT2D eigenvalue weighted by Crippen LogP contribution is -2.31. The zero-order chi connectivity index (χ0) is 15.1. The molecule has 21 heavy (non-hydrogen) atoms. The van der Waals surface area contributed by atoms with Gasteiger partial charge in [0.2, 0.25) is 0 Å². The van der Waals surface area contributed by atoms with Gasteiger partial charge in [-0.1, -0.05) is 48.0 Å².